The number of nitriles is 1. The third-order valence-electron chi connectivity index (χ3n) is 16.3. The van der Waals surface area contributed by atoms with E-state index in [2.05, 4.69) is 31.5 Å². The number of thiazole rings is 2. The first-order valence-electron chi connectivity index (χ1n) is 34.4. The van der Waals surface area contributed by atoms with Crippen LogP contribution in [0.25, 0.3) is 35.7 Å². The number of anilines is 1. The minimum Gasteiger partial charge on any atom is -0.480 e. The highest BCUT2D eigenvalue weighted by Crippen LogP contribution is 2.42. The normalized spacial score (nSPS) is 19.3. The van der Waals surface area contributed by atoms with Gasteiger partial charge in [0, 0.05) is 25.3 Å². The second-order valence-corrected chi connectivity index (χ2v) is 34.9. The van der Waals surface area contributed by atoms with Crippen molar-refractivity contribution in [2.75, 3.05) is 73.8 Å². The van der Waals surface area contributed by atoms with Gasteiger partial charge in [0.15, 0.2) is 4.66 Å². The number of fused-ring (bicyclic) bond motifs is 3. The Hall–Kier alpha value is -11.8. The van der Waals surface area contributed by atoms with E-state index in [9.17, 15) is 81.5 Å². The van der Waals surface area contributed by atoms with E-state index in [0.717, 1.165) is 147 Å². The quantitative estimate of drug-likeness (QED) is 0.00989. The highest BCUT2D eigenvalue weighted by Gasteiger charge is 2.42. The van der Waals surface area contributed by atoms with Crippen LogP contribution >= 0.6 is 142 Å². The summed E-state index contributed by atoms with van der Waals surface area (Å²) < 4.78 is 9.95. The van der Waals surface area contributed by atoms with Gasteiger partial charge in [0.25, 0.3) is 41.4 Å². The number of amides is 8. The number of allylic oxidation sites excluding steroid dienone is 1. The van der Waals surface area contributed by atoms with Crippen molar-refractivity contribution < 1.29 is 117 Å². The average Bonchev–Trinajstić information content (AvgIpc) is 1.61. The van der Waals surface area contributed by atoms with Crippen LogP contribution in [0.1, 0.15) is 50.3 Å². The lowest BCUT2D eigenvalue weighted by atomic mass is 10.2. The number of imidazole rings is 1. The number of hydrogen-bond donors (Lipinski definition) is 6. The Morgan fingerprint density at radius 2 is 1.04 bits per heavy atom. The summed E-state index contributed by atoms with van der Waals surface area (Å²) in [6.45, 7) is 16.0. The third-order valence-corrected chi connectivity index (χ3v) is 27.9. The summed E-state index contributed by atoms with van der Waals surface area (Å²) in [5, 5.41) is 72.3. The predicted molar refractivity (Wildman–Crippen MR) is 463 cm³/mol. The molecular formula is C69H58N16O26S12. The molecule has 42 nitrogen and oxygen atoms in total. The van der Waals surface area contributed by atoms with Crippen LogP contribution in [0.2, 0.25) is 0 Å². The van der Waals surface area contributed by atoms with Gasteiger partial charge in [-0.25, -0.2) is 29.6 Å². The van der Waals surface area contributed by atoms with Gasteiger partial charge in [0.2, 0.25) is 29.5 Å². The zero-order chi connectivity index (χ0) is 90.3. The van der Waals surface area contributed by atoms with Crippen LogP contribution < -0.4 is 39.5 Å². The molecule has 6 N–H and O–H groups in total. The number of ether oxygens (including phenoxy) is 1. The lowest BCUT2D eigenvalue weighted by molar-refractivity contribution is -0.252. The Morgan fingerprint density at radius 3 is 1.53 bits per heavy atom. The van der Waals surface area contributed by atoms with Crippen molar-refractivity contribution in [2.45, 2.75) is 47.1 Å². The third kappa shape index (κ3) is 22.0. The molecule has 7 fully saturated rings. The number of aliphatic carboxylic acids is 5. The molecule has 2 aromatic carbocycles. The summed E-state index contributed by atoms with van der Waals surface area (Å²) in [4.78, 5) is 222. The zero-order valence-electron chi connectivity index (χ0n) is 63.3. The van der Waals surface area contributed by atoms with Crippen LogP contribution in [-0.2, 0) is 89.7 Å². The second kappa shape index (κ2) is 42.3. The summed E-state index contributed by atoms with van der Waals surface area (Å²) in [5.41, 5.74) is 1.96. The summed E-state index contributed by atoms with van der Waals surface area (Å²) in [7, 11) is 0. The SMILES string of the molecule is C=COOn1c(=O)/c(=C2\SCC(=O)N2CC(=O)O)s/c1=C1\SC(=S)N(CC(=O)O)C1=O.CC1=NN(c2ccc(C(=O)O)cc2)C(=O)C1.CCN1C(=O)/C(=C2\SCC(=O)N2CC(=O)O)SC1=S.CCN1C(=O)/C(=c2/s/c(=C3/SCC(=O)N3CC(=O)O)c(=O)n2CC)SC1=S.O=COC1=Nn2c(nc3ccccc32)C1.[C-]#[N+]/C(C#N)=C1\SCC(=O)N1CC(=O)O. The maximum absolute atomic E-state index is 13.0. The molecule has 8 amide bonds. The van der Waals surface area contributed by atoms with Gasteiger partial charge in [0.05, 0.1) is 80.8 Å². The molecule has 7 saturated heterocycles. The van der Waals surface area contributed by atoms with Gasteiger partial charge in [-0.05, 0) is 64.1 Å². The Balaban J connectivity index is 0.000000171. The molecule has 642 valence electrons. The summed E-state index contributed by atoms with van der Waals surface area (Å²) in [6.07, 6.45) is 1.66. The van der Waals surface area contributed by atoms with Gasteiger partial charge < -0.3 is 40.3 Å². The van der Waals surface area contributed by atoms with E-state index in [4.69, 9.17) is 88.9 Å². The fourth-order valence-corrected chi connectivity index (χ4v) is 22.2. The maximum atomic E-state index is 13.0. The number of rotatable bonds is 19. The number of thioether (sulfide) groups is 7. The van der Waals surface area contributed by atoms with Crippen molar-refractivity contribution in [1.29, 1.82) is 5.26 Å². The fraction of sp³-hybridized carbons (Fsp3) is 0.261. The number of thiocarbonyl (C=S) groups is 3. The number of carbonyl (C=O) groups is 15. The number of nitrogens with zero attached hydrogens (tertiary/aromatic N) is 16. The first-order chi connectivity index (χ1) is 58.4. The summed E-state index contributed by atoms with van der Waals surface area (Å²) >= 11 is 24.6. The van der Waals surface area contributed by atoms with Gasteiger partial charge in [-0.1, -0.05) is 131 Å². The van der Waals surface area contributed by atoms with Crippen molar-refractivity contribution >= 4 is 292 Å². The van der Waals surface area contributed by atoms with Gasteiger partial charge in [-0.3, -0.25) is 116 Å². The van der Waals surface area contributed by atoms with Crippen molar-refractivity contribution in [3.8, 4) is 6.07 Å². The number of carbonyl (C=O) groups excluding carboxylic acids is 9. The number of likely N-dealkylation sites (N-methyl/N-ethyl adjacent to an activating group) is 1. The molecule has 0 unspecified atom stereocenters. The lowest BCUT2D eigenvalue weighted by Gasteiger charge is -2.15. The highest BCUT2D eigenvalue weighted by molar-refractivity contribution is 8.31. The van der Waals surface area contributed by atoms with E-state index in [-0.39, 0.29) is 102 Å². The number of carboxylic acid groups (broad SMARTS) is 6. The Morgan fingerprint density at radius 1 is 0.577 bits per heavy atom. The molecule has 0 radical (unpaired) electrons. The lowest BCUT2D eigenvalue weighted by Crippen LogP contribution is -2.40. The molecule has 12 heterocycles. The molecule has 9 aliphatic rings. The second-order valence-electron chi connectivity index (χ2n) is 24.2. The number of hydrogen-bond acceptors (Lipinski definition) is 36. The van der Waals surface area contributed by atoms with Crippen LogP contribution in [0.3, 0.4) is 0 Å². The van der Waals surface area contributed by atoms with Crippen LogP contribution in [0.15, 0.2) is 102 Å². The number of aromatic nitrogens is 4. The molecule has 5 aromatic rings. The molecule has 9 aliphatic heterocycles. The summed E-state index contributed by atoms with van der Waals surface area (Å²) in [5.74, 6) is -8.48. The number of para-hydroxylation sites is 2. The van der Waals surface area contributed by atoms with E-state index in [1.54, 1.807) is 43.6 Å². The van der Waals surface area contributed by atoms with Crippen molar-refractivity contribution in [3.63, 3.8) is 0 Å². The predicted octanol–water partition coefficient (Wildman–Crippen LogP) is 1.21. The van der Waals surface area contributed by atoms with Gasteiger partial charge in [0.1, 0.15) is 96.3 Å². The van der Waals surface area contributed by atoms with E-state index in [0.29, 0.717) is 88.4 Å². The maximum Gasteiger partial charge on any atom is 0.335 e. The molecule has 123 heavy (non-hydrogen) atoms. The molecule has 3 aromatic heterocycles. The van der Waals surface area contributed by atoms with Crippen molar-refractivity contribution in [1.82, 2.24) is 53.3 Å². The monoisotopic (exact) mass is 1910 g/mol. The fourth-order valence-electron chi connectivity index (χ4n) is 11.0. The smallest absolute Gasteiger partial charge is 0.335 e. The van der Waals surface area contributed by atoms with Crippen molar-refractivity contribution in [3.05, 3.63) is 144 Å². The molecule has 0 aliphatic carbocycles. The molecule has 54 heteroatoms. The number of benzene rings is 2. The van der Waals surface area contributed by atoms with Crippen molar-refractivity contribution in [2.24, 2.45) is 10.2 Å². The van der Waals surface area contributed by atoms with Crippen LogP contribution in [0.4, 0.5) is 5.69 Å². The number of aromatic carboxylic acids is 1. The Kier molecular flexibility index (Phi) is 32.7. The molecular weight excluding hydrogens is 1850 g/mol. The minimum atomic E-state index is -1.28. The largest absolute Gasteiger partial charge is 0.480 e. The van der Waals surface area contributed by atoms with E-state index in [1.165, 1.54) is 43.3 Å². The molecule has 0 atom stereocenters. The van der Waals surface area contributed by atoms with Crippen LogP contribution in [-0.4, -0.2) is 267 Å². The molecule has 0 spiro atoms. The minimum absolute atomic E-state index is 0.0356. The Labute approximate surface area is 743 Å². The van der Waals surface area contributed by atoms with E-state index >= 15 is 0 Å². The van der Waals surface area contributed by atoms with Crippen LogP contribution in [0, 0.1) is 17.9 Å². The highest BCUT2D eigenvalue weighted by atomic mass is 32.2. The van der Waals surface area contributed by atoms with E-state index < -0.39 is 91.8 Å². The zero-order valence-corrected chi connectivity index (χ0v) is 73.1. The first kappa shape index (κ1) is 95.0. The van der Waals surface area contributed by atoms with E-state index in [1.807, 2.05) is 31.2 Å². The standard InChI is InChI=1S/C15H11N3O9S4.C15H15N3O5S4.C11H10N2O3.C10H7N3O2.C10H10N2O4S3.C8H5N3O3S/c1-2-26-27-18-12(25)10(13-16(3-7(20)21)6(19)5-29-13)30-14(18)9-11(24)17(4-8(22)23)15(28)31-9;1-3-16-11(22)9(13-18(5-8(20)21)7(19)6-25-13)26-14(16)10-12(23)17(4-2)15(24)27-10;1-7-6-10(14)13(12-7)9-4-2-8(3-5-9)11(15)16;14-6-15-10-5-9-11-7-3-1-2-4-8(7)13(9)12-10;1-2-11-8(16)7(19-10(11)17)9-12(3-6(14)15)5(13)4-18-9;1-10-5(2-9)8-11(3-7(13)14)6(12)4-15-8/h2H,1,3-5H2,(H,20,21)(H,22,23);3-6H2,1-2H3,(H,20,21);2-5H,6H2,1H3,(H,15,16);1-4,6H,5H2;2-4H2,1H3,(H,14,15);3-4H2,(H,13,14)/b13-10+,14-9-;13-9+,14-10-;;;9-7+;8-5-. The van der Waals surface area contributed by atoms with Gasteiger partial charge in [-0.2, -0.15) is 10.1 Å². The first-order valence-corrected chi connectivity index (χ1v) is 43.7. The molecule has 0 bridgehead atoms. The Bertz CT molecular complexity index is 6040. The van der Waals surface area contributed by atoms with Crippen LogP contribution in [0.5, 0.6) is 0 Å². The summed E-state index contributed by atoms with van der Waals surface area (Å²) in [6, 6.07) is 15.4. The van der Waals surface area contributed by atoms with Gasteiger partial charge >= 0.3 is 41.4 Å². The molecule has 14 rings (SSSR count). The average molecular weight is 1910 g/mol. The number of hydrazone groups is 1. The topological polar surface area (TPSA) is 546 Å². The van der Waals surface area contributed by atoms with Gasteiger partial charge in [-0.15, -0.1) is 39.5 Å². The number of carboxylic acids is 6. The molecule has 0 saturated carbocycles.